The predicted octanol–water partition coefficient (Wildman–Crippen LogP) is 0.232. The second kappa shape index (κ2) is 2.65. The first-order valence-corrected chi connectivity index (χ1v) is 3.74. The molecular formula is C2HN3O2S2. The van der Waals surface area contributed by atoms with Gasteiger partial charge in [0.2, 0.25) is 5.82 Å². The Morgan fingerprint density at radius 1 is 1.67 bits per heavy atom. The fourth-order valence-electron chi connectivity index (χ4n) is 0.276. The van der Waals surface area contributed by atoms with E-state index in [-0.39, 0.29) is 5.82 Å². The van der Waals surface area contributed by atoms with Gasteiger partial charge in [0.25, 0.3) is 0 Å². The Morgan fingerprint density at radius 2 is 2.44 bits per heavy atom. The first kappa shape index (κ1) is 6.30. The van der Waals surface area contributed by atoms with E-state index in [9.17, 15) is 8.42 Å². The number of nitrogens with zero attached hydrogens (tertiary/aromatic N) is 3. The van der Waals surface area contributed by atoms with Crippen LogP contribution in [0.5, 0.6) is 0 Å². The van der Waals surface area contributed by atoms with Crippen LogP contribution in [-0.4, -0.2) is 18.0 Å². The minimum Gasteiger partial charge on any atom is -0.163 e. The molecule has 1 heterocycles. The quantitative estimate of drug-likeness (QED) is 0.594. The van der Waals surface area contributed by atoms with E-state index in [1.54, 1.807) is 0 Å². The van der Waals surface area contributed by atoms with Crippen molar-refractivity contribution in [1.29, 1.82) is 0 Å². The molecule has 0 fully saturated rings. The Labute approximate surface area is 56.2 Å². The molecule has 9 heavy (non-hydrogen) atoms. The lowest BCUT2D eigenvalue weighted by Crippen LogP contribution is -1.62. The second-order valence-electron chi connectivity index (χ2n) is 1.07. The highest BCUT2D eigenvalue weighted by Crippen LogP contribution is 2.06. The fraction of sp³-hybridized carbons (Fsp3) is 0. The van der Waals surface area contributed by atoms with Gasteiger partial charge in [0.1, 0.15) is 0 Å². The molecule has 0 aromatic carbocycles. The van der Waals surface area contributed by atoms with Crippen molar-refractivity contribution >= 4 is 27.9 Å². The van der Waals surface area contributed by atoms with Gasteiger partial charge in [-0.05, 0) is 11.5 Å². The molecule has 0 atom stereocenters. The maximum absolute atomic E-state index is 9.84. The second-order valence-corrected chi connectivity index (χ2v) is 2.30. The molecule has 0 saturated carbocycles. The van der Waals surface area contributed by atoms with Crippen LogP contribution in [-0.2, 0) is 10.5 Å². The molecule has 48 valence electrons. The maximum atomic E-state index is 9.84. The minimum atomic E-state index is -2.42. The van der Waals surface area contributed by atoms with E-state index in [0.29, 0.717) is 0 Å². The lowest BCUT2D eigenvalue weighted by Gasteiger charge is -1.65. The summed E-state index contributed by atoms with van der Waals surface area (Å²) in [6.45, 7) is 0. The van der Waals surface area contributed by atoms with Crippen molar-refractivity contribution in [1.82, 2.24) is 9.59 Å². The van der Waals surface area contributed by atoms with Gasteiger partial charge in [-0.15, -0.1) is 9.46 Å². The predicted molar refractivity (Wildman–Crippen MR) is 30.9 cm³/mol. The Morgan fingerprint density at radius 3 is 2.89 bits per heavy atom. The van der Waals surface area contributed by atoms with E-state index in [2.05, 4.69) is 13.9 Å². The average molecular weight is 163 g/mol. The number of hydrogen-bond acceptors (Lipinski definition) is 6. The molecular weight excluding hydrogens is 162 g/mol. The van der Waals surface area contributed by atoms with E-state index in [0.717, 1.165) is 11.5 Å². The highest BCUT2D eigenvalue weighted by Gasteiger charge is 1.88. The van der Waals surface area contributed by atoms with E-state index in [1.165, 1.54) is 5.38 Å². The molecule has 0 aliphatic rings. The molecule has 0 bridgehead atoms. The van der Waals surface area contributed by atoms with Crippen LogP contribution >= 0.6 is 11.5 Å². The van der Waals surface area contributed by atoms with Gasteiger partial charge in [-0.3, -0.25) is 0 Å². The topological polar surface area (TPSA) is 72.3 Å². The summed E-state index contributed by atoms with van der Waals surface area (Å²) in [5, 5.41) is 4.81. The Hall–Kier alpha value is -0.820. The smallest absolute Gasteiger partial charge is 0.163 e. The molecule has 0 N–H and O–H groups in total. The Kier molecular flexibility index (Phi) is 1.85. The molecule has 0 spiro atoms. The van der Waals surface area contributed by atoms with Crippen molar-refractivity contribution < 1.29 is 8.42 Å². The molecule has 0 aliphatic heterocycles. The zero-order valence-corrected chi connectivity index (χ0v) is 5.68. The number of aromatic nitrogens is 2. The Balaban J connectivity index is 3.07. The molecule has 0 unspecified atom stereocenters. The zero-order chi connectivity index (χ0) is 6.69. The highest BCUT2D eigenvalue weighted by molar-refractivity contribution is 7.61. The Bertz CT molecular complexity index is 291. The van der Waals surface area contributed by atoms with Crippen LogP contribution in [0.15, 0.2) is 9.74 Å². The van der Waals surface area contributed by atoms with E-state index >= 15 is 0 Å². The SMILES string of the molecule is O=S(=O)=Nc1csnn1. The van der Waals surface area contributed by atoms with Gasteiger partial charge in [0.15, 0.2) is 0 Å². The van der Waals surface area contributed by atoms with Crippen molar-refractivity contribution in [3.05, 3.63) is 5.38 Å². The standard InChI is InChI=1S/C2HN3O2S2/c6-9(7)4-2-1-8-5-3-2/h1H. The number of hydrogen-bond donors (Lipinski definition) is 0. The van der Waals surface area contributed by atoms with Crippen LogP contribution in [0.25, 0.3) is 0 Å². The van der Waals surface area contributed by atoms with Crippen LogP contribution in [0.4, 0.5) is 5.82 Å². The molecule has 0 aliphatic carbocycles. The van der Waals surface area contributed by atoms with Crippen LogP contribution in [0, 0.1) is 0 Å². The van der Waals surface area contributed by atoms with Gasteiger partial charge in [-0.25, -0.2) is 0 Å². The van der Waals surface area contributed by atoms with Crippen molar-refractivity contribution in [3.8, 4) is 0 Å². The minimum absolute atomic E-state index is 0.133. The summed E-state index contributed by atoms with van der Waals surface area (Å²) in [5.74, 6) is 0.133. The van der Waals surface area contributed by atoms with Gasteiger partial charge in [0.05, 0.1) is 5.38 Å². The molecule has 1 aromatic rings. The first-order chi connectivity index (χ1) is 4.29. The van der Waals surface area contributed by atoms with Gasteiger partial charge in [-0.1, -0.05) is 4.49 Å². The molecule has 7 heteroatoms. The summed E-state index contributed by atoms with van der Waals surface area (Å²) in [6.07, 6.45) is 0. The molecule has 0 amide bonds. The van der Waals surface area contributed by atoms with Crippen molar-refractivity contribution in [2.75, 3.05) is 0 Å². The van der Waals surface area contributed by atoms with Crippen LogP contribution in [0.2, 0.25) is 0 Å². The highest BCUT2D eigenvalue weighted by atomic mass is 32.2. The third-order valence-corrected chi connectivity index (χ3v) is 1.34. The van der Waals surface area contributed by atoms with E-state index in [4.69, 9.17) is 0 Å². The van der Waals surface area contributed by atoms with Gasteiger partial charge in [-0.2, -0.15) is 8.42 Å². The van der Waals surface area contributed by atoms with E-state index in [1.807, 2.05) is 0 Å². The average Bonchev–Trinajstić information content (AvgIpc) is 2.15. The lowest BCUT2D eigenvalue weighted by molar-refractivity contribution is 0.622. The molecule has 0 radical (unpaired) electrons. The molecule has 1 rings (SSSR count). The summed E-state index contributed by atoms with van der Waals surface area (Å²) < 4.78 is 26.1. The van der Waals surface area contributed by atoms with Crippen LogP contribution < -0.4 is 0 Å². The summed E-state index contributed by atoms with van der Waals surface area (Å²) in [6, 6.07) is 0. The third kappa shape index (κ3) is 1.86. The summed E-state index contributed by atoms with van der Waals surface area (Å²) in [5.41, 5.74) is 0. The summed E-state index contributed by atoms with van der Waals surface area (Å²) in [4.78, 5) is 0. The number of rotatable bonds is 1. The lowest BCUT2D eigenvalue weighted by atomic mass is 10.9. The van der Waals surface area contributed by atoms with Gasteiger partial charge >= 0.3 is 10.5 Å². The van der Waals surface area contributed by atoms with Gasteiger partial charge < -0.3 is 0 Å². The van der Waals surface area contributed by atoms with Crippen LogP contribution in [0.1, 0.15) is 0 Å². The zero-order valence-electron chi connectivity index (χ0n) is 4.05. The molecule has 0 saturated heterocycles. The fourth-order valence-corrected chi connectivity index (χ4v) is 0.957. The summed E-state index contributed by atoms with van der Waals surface area (Å²) in [7, 11) is -2.42. The van der Waals surface area contributed by atoms with Crippen molar-refractivity contribution in [2.24, 2.45) is 4.36 Å². The normalized spacial score (nSPS) is 8.89. The van der Waals surface area contributed by atoms with E-state index < -0.39 is 10.5 Å². The molecule has 5 nitrogen and oxygen atoms in total. The first-order valence-electron chi connectivity index (χ1n) is 1.87. The molecule has 1 aromatic heterocycles. The van der Waals surface area contributed by atoms with Crippen molar-refractivity contribution in [2.45, 2.75) is 0 Å². The van der Waals surface area contributed by atoms with Crippen molar-refractivity contribution in [3.63, 3.8) is 0 Å². The summed E-state index contributed by atoms with van der Waals surface area (Å²) >= 11 is 1.05. The van der Waals surface area contributed by atoms with Crippen LogP contribution in [0.3, 0.4) is 0 Å². The third-order valence-electron chi connectivity index (χ3n) is 0.517. The van der Waals surface area contributed by atoms with Gasteiger partial charge in [0, 0.05) is 0 Å². The monoisotopic (exact) mass is 163 g/mol. The largest absolute Gasteiger partial charge is 0.317 e. The maximum Gasteiger partial charge on any atom is 0.317 e.